The summed E-state index contributed by atoms with van der Waals surface area (Å²) in [5.74, 6) is -0.901. The van der Waals surface area contributed by atoms with Crippen molar-refractivity contribution >= 4 is 11.9 Å². The molecule has 4 N–H and O–H groups in total. The highest BCUT2D eigenvalue weighted by atomic mass is 16.5. The summed E-state index contributed by atoms with van der Waals surface area (Å²) in [4.78, 5) is 21.9. The van der Waals surface area contributed by atoms with Crippen LogP contribution in [0.25, 0.3) is 0 Å². The minimum atomic E-state index is -0.954. The molecule has 0 aliphatic heterocycles. The van der Waals surface area contributed by atoms with Gasteiger partial charge in [-0.05, 0) is 5.92 Å². The second-order valence-corrected chi connectivity index (χ2v) is 4.37. The van der Waals surface area contributed by atoms with Crippen LogP contribution in [0.5, 0.6) is 0 Å². The highest BCUT2D eigenvalue weighted by Gasteiger charge is 2.16. The topological polar surface area (TPSA) is 102 Å². The van der Waals surface area contributed by atoms with Gasteiger partial charge in [-0.25, -0.2) is 0 Å². The lowest BCUT2D eigenvalue weighted by molar-refractivity contribution is -0.140. The number of hydrogen-bond acceptors (Lipinski definition) is 4. The number of carbonyl (C=O) groups excluding carboxylic acids is 1. The molecule has 6 nitrogen and oxygen atoms in total. The van der Waals surface area contributed by atoms with Gasteiger partial charge in [0, 0.05) is 26.1 Å². The van der Waals surface area contributed by atoms with Gasteiger partial charge in [0.25, 0.3) is 0 Å². The number of amides is 1. The van der Waals surface area contributed by atoms with Gasteiger partial charge in [0.05, 0.1) is 12.5 Å². The Labute approximate surface area is 102 Å². The van der Waals surface area contributed by atoms with E-state index in [2.05, 4.69) is 5.32 Å². The van der Waals surface area contributed by atoms with Crippen LogP contribution in [0, 0.1) is 5.92 Å². The third kappa shape index (κ3) is 7.70. The molecule has 100 valence electrons. The van der Waals surface area contributed by atoms with Gasteiger partial charge >= 0.3 is 5.97 Å². The Hall–Kier alpha value is -1.14. The van der Waals surface area contributed by atoms with Gasteiger partial charge < -0.3 is 20.9 Å². The molecule has 0 aromatic rings. The van der Waals surface area contributed by atoms with E-state index in [4.69, 9.17) is 15.6 Å². The van der Waals surface area contributed by atoms with Gasteiger partial charge in [0.1, 0.15) is 0 Å². The summed E-state index contributed by atoms with van der Waals surface area (Å²) in [6.07, 6.45) is -0.402. The maximum Gasteiger partial charge on any atom is 0.306 e. The van der Waals surface area contributed by atoms with Crippen LogP contribution in [0.1, 0.15) is 26.7 Å². The van der Waals surface area contributed by atoms with Crippen LogP contribution in [0.3, 0.4) is 0 Å². The first-order chi connectivity index (χ1) is 7.86. The quantitative estimate of drug-likeness (QED) is 0.558. The molecule has 2 unspecified atom stereocenters. The molecule has 0 aromatic carbocycles. The van der Waals surface area contributed by atoms with Gasteiger partial charge in [-0.2, -0.15) is 0 Å². The van der Waals surface area contributed by atoms with Crippen molar-refractivity contribution in [3.05, 3.63) is 0 Å². The summed E-state index contributed by atoms with van der Waals surface area (Å²) in [7, 11) is 1.42. The molecule has 6 heteroatoms. The minimum absolute atomic E-state index is 0.132. The molecule has 0 heterocycles. The maximum absolute atomic E-state index is 11.5. The van der Waals surface area contributed by atoms with Crippen LogP contribution in [0.2, 0.25) is 0 Å². The first-order valence-corrected chi connectivity index (χ1v) is 5.63. The predicted molar refractivity (Wildman–Crippen MR) is 63.5 cm³/mol. The largest absolute Gasteiger partial charge is 0.481 e. The van der Waals surface area contributed by atoms with Crippen LogP contribution >= 0.6 is 0 Å². The zero-order chi connectivity index (χ0) is 13.4. The smallest absolute Gasteiger partial charge is 0.306 e. The monoisotopic (exact) mass is 246 g/mol. The van der Waals surface area contributed by atoms with E-state index in [0.29, 0.717) is 0 Å². The van der Waals surface area contributed by atoms with E-state index in [-0.39, 0.29) is 37.3 Å². The number of aliphatic carboxylic acids is 1. The van der Waals surface area contributed by atoms with Crippen molar-refractivity contribution in [2.75, 3.05) is 13.7 Å². The highest BCUT2D eigenvalue weighted by molar-refractivity contribution is 5.76. The number of carboxylic acid groups (broad SMARTS) is 1. The van der Waals surface area contributed by atoms with Crippen LogP contribution in [-0.2, 0) is 14.3 Å². The molecule has 0 fully saturated rings. The van der Waals surface area contributed by atoms with Crippen molar-refractivity contribution in [3.8, 4) is 0 Å². The molecule has 0 saturated carbocycles. The number of carbonyl (C=O) groups is 2. The summed E-state index contributed by atoms with van der Waals surface area (Å²) in [6.45, 7) is 4.08. The molecule has 0 bridgehead atoms. The second-order valence-electron chi connectivity index (χ2n) is 4.37. The molecule has 0 aliphatic carbocycles. The summed E-state index contributed by atoms with van der Waals surface area (Å²) in [5.41, 5.74) is 5.75. The second kappa shape index (κ2) is 8.03. The normalized spacial score (nSPS) is 14.4. The van der Waals surface area contributed by atoms with E-state index >= 15 is 0 Å². The molecular weight excluding hydrogens is 224 g/mol. The molecular formula is C11H22N2O4. The number of hydrogen-bond donors (Lipinski definition) is 3. The summed E-state index contributed by atoms with van der Waals surface area (Å²) < 4.78 is 4.94. The number of rotatable bonds is 8. The van der Waals surface area contributed by atoms with Crippen LogP contribution in [0.4, 0.5) is 0 Å². The third-order valence-corrected chi connectivity index (χ3v) is 2.54. The molecule has 0 aromatic heterocycles. The van der Waals surface area contributed by atoms with Gasteiger partial charge in [-0.3, -0.25) is 9.59 Å². The molecule has 2 atom stereocenters. The Balaban J connectivity index is 3.92. The zero-order valence-electron chi connectivity index (χ0n) is 10.6. The summed E-state index contributed by atoms with van der Waals surface area (Å²) in [6, 6.07) is -0.185. The Morgan fingerprint density at radius 3 is 2.35 bits per heavy atom. The lowest BCUT2D eigenvalue weighted by atomic mass is 10.0. The van der Waals surface area contributed by atoms with Crippen LogP contribution in [-0.4, -0.2) is 42.8 Å². The fourth-order valence-electron chi connectivity index (χ4n) is 1.18. The van der Waals surface area contributed by atoms with Crippen molar-refractivity contribution in [2.45, 2.75) is 38.8 Å². The van der Waals surface area contributed by atoms with E-state index in [9.17, 15) is 9.59 Å². The number of ether oxygens (including phenoxy) is 1. The maximum atomic E-state index is 11.5. The van der Waals surface area contributed by atoms with Crippen molar-refractivity contribution in [2.24, 2.45) is 11.7 Å². The fourth-order valence-corrected chi connectivity index (χ4v) is 1.18. The average Bonchev–Trinajstić information content (AvgIpc) is 2.23. The molecule has 0 rings (SSSR count). The average molecular weight is 246 g/mol. The fraction of sp³-hybridized carbons (Fsp3) is 0.818. The standard InChI is InChI=1S/C11H22N2O4/c1-7(2)9(12)5-10(14)13-6-8(17-3)4-11(15)16/h7-9H,4-6,12H2,1-3H3,(H,13,14)(H,15,16). The van der Waals surface area contributed by atoms with E-state index in [0.717, 1.165) is 0 Å². The summed E-state index contributed by atoms with van der Waals surface area (Å²) in [5, 5.41) is 11.2. The first kappa shape index (κ1) is 15.9. The number of nitrogens with one attached hydrogen (secondary N) is 1. The van der Waals surface area contributed by atoms with Crippen molar-refractivity contribution < 1.29 is 19.4 Å². The predicted octanol–water partition coefficient (Wildman–Crippen LogP) is -0.0343. The first-order valence-electron chi connectivity index (χ1n) is 5.63. The molecule has 1 amide bonds. The summed E-state index contributed by atoms with van der Waals surface area (Å²) >= 11 is 0. The number of carboxylic acids is 1. The van der Waals surface area contributed by atoms with Crippen molar-refractivity contribution in [3.63, 3.8) is 0 Å². The lowest BCUT2D eigenvalue weighted by Gasteiger charge is -2.17. The van der Waals surface area contributed by atoms with E-state index in [1.807, 2.05) is 13.8 Å². The van der Waals surface area contributed by atoms with Gasteiger partial charge in [-0.15, -0.1) is 0 Å². The van der Waals surface area contributed by atoms with Gasteiger partial charge in [0.15, 0.2) is 0 Å². The van der Waals surface area contributed by atoms with E-state index < -0.39 is 12.1 Å². The van der Waals surface area contributed by atoms with E-state index in [1.165, 1.54) is 7.11 Å². The van der Waals surface area contributed by atoms with Gasteiger partial charge in [-0.1, -0.05) is 13.8 Å². The van der Waals surface area contributed by atoms with Crippen molar-refractivity contribution in [1.82, 2.24) is 5.32 Å². The third-order valence-electron chi connectivity index (χ3n) is 2.54. The Kier molecular flexibility index (Phi) is 7.49. The zero-order valence-corrected chi connectivity index (χ0v) is 10.6. The molecule has 0 radical (unpaired) electrons. The van der Waals surface area contributed by atoms with E-state index in [1.54, 1.807) is 0 Å². The van der Waals surface area contributed by atoms with Crippen LogP contribution in [0.15, 0.2) is 0 Å². The molecule has 0 aliphatic rings. The SMILES string of the molecule is COC(CNC(=O)CC(N)C(C)C)CC(=O)O. The lowest BCUT2D eigenvalue weighted by Crippen LogP contribution is -2.39. The van der Waals surface area contributed by atoms with Crippen LogP contribution < -0.4 is 11.1 Å². The minimum Gasteiger partial charge on any atom is -0.481 e. The Bertz CT molecular complexity index is 256. The molecule has 0 spiro atoms. The molecule has 17 heavy (non-hydrogen) atoms. The number of nitrogens with two attached hydrogens (primary N) is 1. The Morgan fingerprint density at radius 2 is 1.94 bits per heavy atom. The number of methoxy groups -OCH3 is 1. The van der Waals surface area contributed by atoms with Gasteiger partial charge in [0.2, 0.25) is 5.91 Å². The Morgan fingerprint density at radius 1 is 1.35 bits per heavy atom. The highest BCUT2D eigenvalue weighted by Crippen LogP contribution is 2.02. The van der Waals surface area contributed by atoms with Crippen molar-refractivity contribution in [1.29, 1.82) is 0 Å². The molecule has 0 saturated heterocycles.